The van der Waals surface area contributed by atoms with Crippen LogP contribution in [0.3, 0.4) is 0 Å². The molecule has 0 saturated carbocycles. The number of fused-ring (bicyclic) bond motifs is 1. The van der Waals surface area contributed by atoms with Gasteiger partial charge in [-0.25, -0.2) is 0 Å². The molecule has 3 atom stereocenters. The van der Waals surface area contributed by atoms with Crippen molar-refractivity contribution in [1.82, 2.24) is 0 Å². The molecule has 0 spiro atoms. The van der Waals surface area contributed by atoms with E-state index in [2.05, 4.69) is 53.0 Å². The van der Waals surface area contributed by atoms with E-state index in [-0.39, 0.29) is 10.2 Å². The van der Waals surface area contributed by atoms with Gasteiger partial charge in [0, 0.05) is 5.92 Å². The molecule has 0 radical (unpaired) electrons. The van der Waals surface area contributed by atoms with E-state index in [4.69, 9.17) is 4.74 Å². The van der Waals surface area contributed by atoms with Crippen molar-refractivity contribution in [2.24, 2.45) is 5.92 Å². The molecule has 1 nitrogen and oxygen atoms in total. The summed E-state index contributed by atoms with van der Waals surface area (Å²) in [6, 6.07) is 0. The van der Waals surface area contributed by atoms with Gasteiger partial charge in [-0.2, -0.15) is 0 Å². The summed E-state index contributed by atoms with van der Waals surface area (Å²) >= 11 is 2.28. The summed E-state index contributed by atoms with van der Waals surface area (Å²) in [5.74, 6) is 0.464. The maximum Gasteiger partial charge on any atom is 0.127 e. The zero-order valence-electron chi connectivity index (χ0n) is 5.98. The van der Waals surface area contributed by atoms with Crippen molar-refractivity contribution >= 4 is 22.6 Å². The molecule has 1 aliphatic carbocycles. The maximum absolute atomic E-state index is 5.65. The predicted octanol–water partition coefficient (Wildman–Crippen LogP) is 2.44. The monoisotopic (exact) mass is 260 g/mol. The Labute approximate surface area is 80.0 Å². The molecule has 1 aliphatic heterocycles. The van der Waals surface area contributed by atoms with Crippen molar-refractivity contribution in [1.29, 1.82) is 0 Å². The lowest BCUT2D eigenvalue weighted by Crippen LogP contribution is -2.26. The van der Waals surface area contributed by atoms with E-state index in [0.29, 0.717) is 5.92 Å². The van der Waals surface area contributed by atoms with E-state index in [1.54, 1.807) is 0 Å². The molecule has 11 heavy (non-hydrogen) atoms. The highest BCUT2D eigenvalue weighted by atomic mass is 127. The van der Waals surface area contributed by atoms with Gasteiger partial charge in [0.15, 0.2) is 0 Å². The first-order valence-electron chi connectivity index (χ1n) is 3.69. The van der Waals surface area contributed by atoms with E-state index in [9.17, 15) is 0 Å². The zero-order chi connectivity index (χ0) is 7.68. The molecule has 0 fully saturated rings. The van der Waals surface area contributed by atoms with Gasteiger partial charge in [0.1, 0.15) is 4.11 Å². The molecule has 0 aromatic heterocycles. The lowest BCUT2D eigenvalue weighted by Gasteiger charge is -2.27. The smallest absolute Gasteiger partial charge is 0.127 e. The number of hydrogen-bond donors (Lipinski definition) is 0. The Balaban J connectivity index is 2.20. The van der Waals surface area contributed by atoms with Crippen LogP contribution in [0.1, 0.15) is 0 Å². The van der Waals surface area contributed by atoms with E-state index >= 15 is 0 Å². The van der Waals surface area contributed by atoms with Crippen molar-refractivity contribution < 1.29 is 4.74 Å². The second-order valence-electron chi connectivity index (χ2n) is 2.68. The summed E-state index contributed by atoms with van der Waals surface area (Å²) < 4.78 is 5.89. The van der Waals surface area contributed by atoms with Gasteiger partial charge in [-0.15, -0.1) is 0 Å². The van der Waals surface area contributed by atoms with Gasteiger partial charge < -0.3 is 4.74 Å². The topological polar surface area (TPSA) is 9.23 Å². The van der Waals surface area contributed by atoms with Crippen LogP contribution in [-0.2, 0) is 4.74 Å². The van der Waals surface area contributed by atoms with Gasteiger partial charge in [0.05, 0.1) is 6.10 Å². The molecule has 3 unspecified atom stereocenters. The van der Waals surface area contributed by atoms with Crippen LogP contribution in [0, 0.1) is 5.92 Å². The molecular formula is C9H9IO. The number of rotatable bonds is 0. The lowest BCUT2D eigenvalue weighted by atomic mass is 9.96. The lowest BCUT2D eigenvalue weighted by molar-refractivity contribution is 0.0698. The Morgan fingerprint density at radius 1 is 1.00 bits per heavy atom. The molecule has 0 aromatic carbocycles. The van der Waals surface area contributed by atoms with Crippen molar-refractivity contribution in [3.8, 4) is 0 Å². The van der Waals surface area contributed by atoms with Gasteiger partial charge in [0.25, 0.3) is 0 Å². The van der Waals surface area contributed by atoms with E-state index in [1.165, 1.54) is 0 Å². The van der Waals surface area contributed by atoms with Crippen molar-refractivity contribution in [3.63, 3.8) is 0 Å². The van der Waals surface area contributed by atoms with Gasteiger partial charge >= 0.3 is 0 Å². The molecule has 58 valence electrons. The summed E-state index contributed by atoms with van der Waals surface area (Å²) in [5.41, 5.74) is 0. The molecule has 1 heterocycles. The quantitative estimate of drug-likeness (QED) is 0.369. The van der Waals surface area contributed by atoms with Gasteiger partial charge in [-0.3, -0.25) is 0 Å². The average Bonchev–Trinajstić information content (AvgIpc) is 2.04. The molecule has 0 N–H and O–H groups in total. The standard InChI is InChI=1S/C9H9IO/c10-9-6-5-7-3-1-2-4-8(7)11-9/h1-9H. The highest BCUT2D eigenvalue weighted by molar-refractivity contribution is 14.1. The molecule has 0 bridgehead atoms. The Kier molecular flexibility index (Phi) is 2.13. The fourth-order valence-corrected chi connectivity index (χ4v) is 1.90. The Morgan fingerprint density at radius 2 is 1.82 bits per heavy atom. The van der Waals surface area contributed by atoms with Crippen LogP contribution in [0.2, 0.25) is 0 Å². The summed E-state index contributed by atoms with van der Waals surface area (Å²) in [6.45, 7) is 0. The largest absolute Gasteiger partial charge is 0.355 e. The Bertz CT molecular complexity index is 230. The Morgan fingerprint density at radius 3 is 2.73 bits per heavy atom. The van der Waals surface area contributed by atoms with Gasteiger partial charge in [0.2, 0.25) is 0 Å². The first-order valence-corrected chi connectivity index (χ1v) is 4.94. The fraction of sp³-hybridized carbons (Fsp3) is 0.333. The molecule has 2 aliphatic rings. The van der Waals surface area contributed by atoms with Gasteiger partial charge in [-0.1, -0.05) is 30.4 Å². The van der Waals surface area contributed by atoms with Crippen LogP contribution in [-0.4, -0.2) is 10.2 Å². The third-order valence-corrected chi connectivity index (χ3v) is 2.61. The molecule has 2 heteroatoms. The van der Waals surface area contributed by atoms with Crippen LogP contribution in [0.25, 0.3) is 0 Å². The molecule has 0 aromatic rings. The number of halogens is 1. The van der Waals surface area contributed by atoms with E-state index < -0.39 is 0 Å². The van der Waals surface area contributed by atoms with E-state index in [0.717, 1.165) is 0 Å². The number of allylic oxidation sites excluding steroid dienone is 2. The van der Waals surface area contributed by atoms with Crippen LogP contribution in [0.4, 0.5) is 0 Å². The van der Waals surface area contributed by atoms with Crippen molar-refractivity contribution in [2.75, 3.05) is 0 Å². The number of ether oxygens (including phenoxy) is 1. The molecule has 2 rings (SSSR count). The molecule has 0 amide bonds. The SMILES string of the molecule is IC1C=CC2C=CC=CC2O1. The van der Waals surface area contributed by atoms with Crippen LogP contribution in [0.15, 0.2) is 36.5 Å². The average molecular weight is 260 g/mol. The highest BCUT2D eigenvalue weighted by Gasteiger charge is 2.22. The van der Waals surface area contributed by atoms with Gasteiger partial charge in [-0.05, 0) is 28.7 Å². The Hall–Kier alpha value is -0.0900. The maximum atomic E-state index is 5.65. The van der Waals surface area contributed by atoms with E-state index in [1.807, 2.05) is 6.08 Å². The number of hydrogen-bond acceptors (Lipinski definition) is 1. The fourth-order valence-electron chi connectivity index (χ4n) is 1.32. The number of alkyl halides is 1. The minimum atomic E-state index is 0.241. The van der Waals surface area contributed by atoms with Crippen molar-refractivity contribution in [2.45, 2.75) is 10.2 Å². The van der Waals surface area contributed by atoms with Crippen LogP contribution < -0.4 is 0 Å². The third-order valence-electron chi connectivity index (χ3n) is 1.90. The molecular weight excluding hydrogens is 251 g/mol. The predicted molar refractivity (Wildman–Crippen MR) is 53.6 cm³/mol. The third kappa shape index (κ3) is 1.56. The second kappa shape index (κ2) is 3.11. The van der Waals surface area contributed by atoms with Crippen molar-refractivity contribution in [3.05, 3.63) is 36.5 Å². The summed E-state index contributed by atoms with van der Waals surface area (Å²) in [6.07, 6.45) is 13.0. The normalized spacial score (nSPS) is 40.6. The highest BCUT2D eigenvalue weighted by Crippen LogP contribution is 2.25. The zero-order valence-corrected chi connectivity index (χ0v) is 8.14. The first-order chi connectivity index (χ1) is 5.36. The minimum Gasteiger partial charge on any atom is -0.355 e. The van der Waals surface area contributed by atoms with Crippen LogP contribution in [0.5, 0.6) is 0 Å². The van der Waals surface area contributed by atoms with Crippen LogP contribution >= 0.6 is 22.6 Å². The first kappa shape index (κ1) is 7.55. The summed E-state index contributed by atoms with van der Waals surface area (Å²) in [7, 11) is 0. The minimum absolute atomic E-state index is 0.241. The molecule has 0 saturated heterocycles. The second-order valence-corrected chi connectivity index (χ2v) is 3.91. The summed E-state index contributed by atoms with van der Waals surface area (Å²) in [4.78, 5) is 0. The summed E-state index contributed by atoms with van der Waals surface area (Å²) in [5, 5.41) is 0.